The Kier molecular flexibility index (Phi) is 4.83. The molecular formula is C16H26N2O. The zero-order valence-electron chi connectivity index (χ0n) is 12.4. The maximum Gasteiger partial charge on any atom is 0.121 e. The Hall–Kier alpha value is -1.06. The van der Waals surface area contributed by atoms with E-state index in [4.69, 9.17) is 0 Å². The predicted octanol–water partition coefficient (Wildman–Crippen LogP) is 2.44. The minimum absolute atomic E-state index is 0.441. The molecule has 0 amide bonds. The summed E-state index contributed by atoms with van der Waals surface area (Å²) in [6, 6.07) is 4.23. The van der Waals surface area contributed by atoms with Crippen LogP contribution >= 0.6 is 0 Å². The first-order valence-electron chi connectivity index (χ1n) is 7.26. The SMILES string of the molecule is CNCC1CCN(Cc2cc(C)c(O)c(C)c2)CC1. The average molecular weight is 262 g/mol. The fourth-order valence-electron chi connectivity index (χ4n) is 3.03. The van der Waals surface area contributed by atoms with Crippen molar-refractivity contribution in [2.24, 2.45) is 5.92 Å². The zero-order chi connectivity index (χ0) is 13.8. The number of phenols is 1. The number of likely N-dealkylation sites (tertiary alicyclic amines) is 1. The smallest absolute Gasteiger partial charge is 0.121 e. The average Bonchev–Trinajstić information content (AvgIpc) is 2.38. The standard InChI is InChI=1S/C16H26N2O/c1-12-8-15(9-13(2)16(12)19)11-18-6-4-14(5-7-18)10-17-3/h8-9,14,17,19H,4-7,10-11H2,1-3H3. The summed E-state index contributed by atoms with van der Waals surface area (Å²) in [5.41, 5.74) is 3.29. The number of hydrogen-bond acceptors (Lipinski definition) is 3. The summed E-state index contributed by atoms with van der Waals surface area (Å²) in [7, 11) is 2.04. The fourth-order valence-corrected chi connectivity index (χ4v) is 3.03. The summed E-state index contributed by atoms with van der Waals surface area (Å²) in [4.78, 5) is 2.53. The van der Waals surface area contributed by atoms with Crippen LogP contribution < -0.4 is 5.32 Å². The minimum atomic E-state index is 0.441. The number of aryl methyl sites for hydroxylation is 2. The van der Waals surface area contributed by atoms with E-state index in [0.717, 1.165) is 30.1 Å². The van der Waals surface area contributed by atoms with E-state index in [9.17, 15) is 5.11 Å². The molecule has 1 aromatic rings. The van der Waals surface area contributed by atoms with Gasteiger partial charge in [0.05, 0.1) is 0 Å². The molecule has 1 heterocycles. The van der Waals surface area contributed by atoms with Gasteiger partial charge in [0, 0.05) is 6.54 Å². The normalized spacial score (nSPS) is 17.8. The molecule has 0 spiro atoms. The third-order valence-electron chi connectivity index (χ3n) is 4.16. The highest BCUT2D eigenvalue weighted by atomic mass is 16.3. The van der Waals surface area contributed by atoms with Gasteiger partial charge >= 0.3 is 0 Å². The van der Waals surface area contributed by atoms with Crippen LogP contribution in [0.1, 0.15) is 29.5 Å². The Labute approximate surface area is 116 Å². The van der Waals surface area contributed by atoms with Crippen molar-refractivity contribution in [3.63, 3.8) is 0 Å². The lowest BCUT2D eigenvalue weighted by Crippen LogP contribution is -2.36. The summed E-state index contributed by atoms with van der Waals surface area (Å²) in [6.45, 7) is 8.48. The van der Waals surface area contributed by atoms with Crippen LogP contribution in [0.2, 0.25) is 0 Å². The second-order valence-electron chi connectivity index (χ2n) is 5.86. The maximum absolute atomic E-state index is 9.81. The molecule has 1 aliphatic rings. The number of nitrogens with zero attached hydrogens (tertiary/aromatic N) is 1. The van der Waals surface area contributed by atoms with Crippen LogP contribution in [0, 0.1) is 19.8 Å². The van der Waals surface area contributed by atoms with Gasteiger partial charge in [-0.3, -0.25) is 4.90 Å². The van der Waals surface area contributed by atoms with Crippen LogP contribution in [0.4, 0.5) is 0 Å². The highest BCUT2D eigenvalue weighted by Crippen LogP contribution is 2.25. The number of phenolic OH excluding ortho intramolecular Hbond substituents is 1. The van der Waals surface area contributed by atoms with E-state index in [0.29, 0.717) is 5.75 Å². The molecule has 0 bridgehead atoms. The van der Waals surface area contributed by atoms with Crippen LogP contribution in [0.5, 0.6) is 5.75 Å². The van der Waals surface area contributed by atoms with E-state index >= 15 is 0 Å². The van der Waals surface area contributed by atoms with Crippen LogP contribution in [0.15, 0.2) is 12.1 Å². The van der Waals surface area contributed by atoms with E-state index in [1.165, 1.54) is 31.5 Å². The third-order valence-corrected chi connectivity index (χ3v) is 4.16. The van der Waals surface area contributed by atoms with Gasteiger partial charge in [-0.05, 0) is 76.0 Å². The van der Waals surface area contributed by atoms with Crippen molar-refractivity contribution in [3.8, 4) is 5.75 Å². The first-order chi connectivity index (χ1) is 9.10. The van der Waals surface area contributed by atoms with E-state index in [2.05, 4.69) is 22.3 Å². The lowest BCUT2D eigenvalue weighted by molar-refractivity contribution is 0.176. The monoisotopic (exact) mass is 262 g/mol. The fraction of sp³-hybridized carbons (Fsp3) is 0.625. The van der Waals surface area contributed by atoms with E-state index in [1.807, 2.05) is 20.9 Å². The molecule has 1 aromatic carbocycles. The first kappa shape index (κ1) is 14.4. The molecule has 2 rings (SSSR count). The molecule has 1 aliphatic heterocycles. The van der Waals surface area contributed by atoms with Crippen molar-refractivity contribution in [2.75, 3.05) is 26.7 Å². The number of aromatic hydroxyl groups is 1. The topological polar surface area (TPSA) is 35.5 Å². The van der Waals surface area contributed by atoms with E-state index in [-0.39, 0.29) is 0 Å². The summed E-state index contributed by atoms with van der Waals surface area (Å²) in [5, 5.41) is 13.1. The van der Waals surface area contributed by atoms with Crippen LogP contribution in [0.25, 0.3) is 0 Å². The van der Waals surface area contributed by atoms with Crippen molar-refractivity contribution >= 4 is 0 Å². The van der Waals surface area contributed by atoms with Gasteiger partial charge in [0.15, 0.2) is 0 Å². The van der Waals surface area contributed by atoms with E-state index in [1.54, 1.807) is 0 Å². The molecule has 0 radical (unpaired) electrons. The molecule has 0 saturated carbocycles. The number of nitrogens with one attached hydrogen (secondary N) is 1. The van der Waals surface area contributed by atoms with Gasteiger partial charge < -0.3 is 10.4 Å². The summed E-state index contributed by atoms with van der Waals surface area (Å²) in [5.74, 6) is 1.28. The second kappa shape index (κ2) is 6.40. The largest absolute Gasteiger partial charge is 0.507 e. The van der Waals surface area contributed by atoms with Gasteiger partial charge in [0.1, 0.15) is 5.75 Å². The Morgan fingerprint density at radius 1 is 1.21 bits per heavy atom. The Morgan fingerprint density at radius 2 is 1.79 bits per heavy atom. The molecule has 106 valence electrons. The van der Waals surface area contributed by atoms with Crippen LogP contribution in [0.3, 0.4) is 0 Å². The zero-order valence-corrected chi connectivity index (χ0v) is 12.4. The third kappa shape index (κ3) is 3.71. The predicted molar refractivity (Wildman–Crippen MR) is 79.5 cm³/mol. The van der Waals surface area contributed by atoms with Crippen molar-refractivity contribution in [3.05, 3.63) is 28.8 Å². The lowest BCUT2D eigenvalue weighted by atomic mass is 9.96. The molecule has 0 unspecified atom stereocenters. The molecule has 0 aliphatic carbocycles. The summed E-state index contributed by atoms with van der Waals surface area (Å²) >= 11 is 0. The van der Waals surface area contributed by atoms with Crippen LogP contribution in [-0.4, -0.2) is 36.7 Å². The molecular weight excluding hydrogens is 236 g/mol. The molecule has 1 fully saturated rings. The molecule has 19 heavy (non-hydrogen) atoms. The van der Waals surface area contributed by atoms with Gasteiger partial charge in [0.25, 0.3) is 0 Å². The first-order valence-corrected chi connectivity index (χ1v) is 7.26. The molecule has 0 aromatic heterocycles. The Bertz CT molecular complexity index is 400. The Morgan fingerprint density at radius 3 is 2.32 bits per heavy atom. The molecule has 3 heteroatoms. The van der Waals surface area contributed by atoms with Gasteiger partial charge in [-0.2, -0.15) is 0 Å². The summed E-state index contributed by atoms with van der Waals surface area (Å²) in [6.07, 6.45) is 2.58. The van der Waals surface area contributed by atoms with Crippen molar-refractivity contribution in [1.82, 2.24) is 10.2 Å². The van der Waals surface area contributed by atoms with Gasteiger partial charge in [-0.1, -0.05) is 12.1 Å². The minimum Gasteiger partial charge on any atom is -0.507 e. The van der Waals surface area contributed by atoms with Gasteiger partial charge in [0.2, 0.25) is 0 Å². The number of rotatable bonds is 4. The number of piperidine rings is 1. The van der Waals surface area contributed by atoms with Gasteiger partial charge in [-0.15, -0.1) is 0 Å². The maximum atomic E-state index is 9.81. The van der Waals surface area contributed by atoms with Crippen molar-refractivity contribution in [2.45, 2.75) is 33.2 Å². The second-order valence-corrected chi connectivity index (χ2v) is 5.86. The highest BCUT2D eigenvalue weighted by Gasteiger charge is 2.18. The summed E-state index contributed by atoms with van der Waals surface area (Å²) < 4.78 is 0. The quantitative estimate of drug-likeness (QED) is 0.875. The van der Waals surface area contributed by atoms with E-state index < -0.39 is 0 Å². The molecule has 1 saturated heterocycles. The van der Waals surface area contributed by atoms with Crippen LogP contribution in [-0.2, 0) is 6.54 Å². The molecule has 2 N–H and O–H groups in total. The van der Waals surface area contributed by atoms with Gasteiger partial charge in [-0.25, -0.2) is 0 Å². The number of hydrogen-bond donors (Lipinski definition) is 2. The highest BCUT2D eigenvalue weighted by molar-refractivity contribution is 5.42. The van der Waals surface area contributed by atoms with Crippen molar-refractivity contribution < 1.29 is 5.11 Å². The van der Waals surface area contributed by atoms with Crippen molar-refractivity contribution in [1.29, 1.82) is 0 Å². The molecule has 0 atom stereocenters. The lowest BCUT2D eigenvalue weighted by Gasteiger charge is -2.32. The molecule has 3 nitrogen and oxygen atoms in total. The number of benzene rings is 1. The Balaban J connectivity index is 1.92.